The van der Waals surface area contributed by atoms with Gasteiger partial charge in [-0.2, -0.15) is 5.10 Å². The number of carbonyl (C=O) groups excluding carboxylic acids is 1. The van der Waals surface area contributed by atoms with Crippen LogP contribution in [0.25, 0.3) is 22.3 Å². The lowest BCUT2D eigenvalue weighted by molar-refractivity contribution is -0.134. The monoisotopic (exact) mass is 441 g/mol. The summed E-state index contributed by atoms with van der Waals surface area (Å²) >= 11 is 0. The quantitative estimate of drug-likeness (QED) is 0.458. The SMILES string of the molecule is Cc1ccc(CCC(=O)N2CC(Cn3ccc4nc(-c5cn[nH]c5)ccc43)CC2(C)C)cc1. The summed E-state index contributed by atoms with van der Waals surface area (Å²) in [5, 5.41) is 6.86. The van der Waals surface area contributed by atoms with Gasteiger partial charge in [0.25, 0.3) is 0 Å². The molecule has 0 aliphatic carbocycles. The summed E-state index contributed by atoms with van der Waals surface area (Å²) in [7, 11) is 0. The first-order valence-corrected chi connectivity index (χ1v) is 11.7. The van der Waals surface area contributed by atoms with Crippen molar-refractivity contribution in [3.05, 3.63) is 72.2 Å². The van der Waals surface area contributed by atoms with Crippen LogP contribution in [0.4, 0.5) is 0 Å². The zero-order valence-corrected chi connectivity index (χ0v) is 19.6. The average Bonchev–Trinajstić information content (AvgIpc) is 3.52. The van der Waals surface area contributed by atoms with E-state index in [0.29, 0.717) is 12.3 Å². The average molecular weight is 442 g/mol. The van der Waals surface area contributed by atoms with Crippen molar-refractivity contribution in [2.75, 3.05) is 6.54 Å². The highest BCUT2D eigenvalue weighted by atomic mass is 16.2. The number of nitrogens with one attached hydrogen (secondary N) is 1. The fourth-order valence-corrected chi connectivity index (χ4v) is 5.15. The molecule has 1 aliphatic heterocycles. The Hall–Kier alpha value is -3.41. The van der Waals surface area contributed by atoms with Crippen LogP contribution in [0.3, 0.4) is 0 Å². The summed E-state index contributed by atoms with van der Waals surface area (Å²) in [4.78, 5) is 20.0. The van der Waals surface area contributed by atoms with Crippen LogP contribution in [-0.2, 0) is 17.8 Å². The van der Waals surface area contributed by atoms with Crippen LogP contribution in [0, 0.1) is 12.8 Å². The second-order valence-corrected chi connectivity index (χ2v) is 9.93. The van der Waals surface area contributed by atoms with E-state index in [1.54, 1.807) is 6.20 Å². The van der Waals surface area contributed by atoms with E-state index < -0.39 is 0 Å². The number of nitrogens with zero attached hydrogens (tertiary/aromatic N) is 4. The molecular weight excluding hydrogens is 410 g/mol. The minimum Gasteiger partial charge on any atom is -0.346 e. The van der Waals surface area contributed by atoms with Crippen molar-refractivity contribution < 1.29 is 4.79 Å². The van der Waals surface area contributed by atoms with E-state index in [1.165, 1.54) is 11.1 Å². The third-order valence-electron chi connectivity index (χ3n) is 6.88. The van der Waals surface area contributed by atoms with Gasteiger partial charge in [-0.3, -0.25) is 9.89 Å². The molecule has 170 valence electrons. The van der Waals surface area contributed by atoms with Crippen molar-refractivity contribution in [2.45, 2.75) is 52.1 Å². The molecule has 1 unspecified atom stereocenters. The summed E-state index contributed by atoms with van der Waals surface area (Å²) in [6.07, 6.45) is 8.12. The molecule has 0 spiro atoms. The molecule has 0 radical (unpaired) electrons. The number of aryl methyl sites for hydroxylation is 2. The second kappa shape index (κ2) is 8.50. The van der Waals surface area contributed by atoms with Crippen molar-refractivity contribution in [3.8, 4) is 11.3 Å². The van der Waals surface area contributed by atoms with Gasteiger partial charge in [0, 0.05) is 43.0 Å². The van der Waals surface area contributed by atoms with Crippen molar-refractivity contribution >= 4 is 16.9 Å². The highest BCUT2D eigenvalue weighted by molar-refractivity contribution is 5.79. The summed E-state index contributed by atoms with van der Waals surface area (Å²) in [6, 6.07) is 14.7. The van der Waals surface area contributed by atoms with E-state index >= 15 is 0 Å². The number of aromatic amines is 1. The number of H-pyrrole nitrogens is 1. The molecule has 33 heavy (non-hydrogen) atoms. The highest BCUT2D eigenvalue weighted by Crippen LogP contribution is 2.35. The van der Waals surface area contributed by atoms with Gasteiger partial charge in [0.1, 0.15) is 0 Å². The van der Waals surface area contributed by atoms with E-state index in [4.69, 9.17) is 4.98 Å². The van der Waals surface area contributed by atoms with Gasteiger partial charge in [0.05, 0.1) is 22.9 Å². The molecule has 1 aliphatic rings. The van der Waals surface area contributed by atoms with E-state index in [0.717, 1.165) is 48.2 Å². The second-order valence-electron chi connectivity index (χ2n) is 9.93. The standard InChI is InChI=1S/C27H31N5O/c1-19-4-6-20(7-5-19)8-11-26(33)32-18-21(14-27(32,2)3)17-31-13-12-24-25(31)10-9-23(30-24)22-15-28-29-16-22/h4-7,9-10,12-13,15-16,21H,8,11,14,17-18H2,1-3H3,(H,28,29). The van der Waals surface area contributed by atoms with Crippen LogP contribution >= 0.6 is 0 Å². The molecule has 0 bridgehead atoms. The topological polar surface area (TPSA) is 66.8 Å². The van der Waals surface area contributed by atoms with Gasteiger partial charge >= 0.3 is 0 Å². The van der Waals surface area contributed by atoms with Crippen LogP contribution < -0.4 is 0 Å². The van der Waals surface area contributed by atoms with Crippen LogP contribution in [0.5, 0.6) is 0 Å². The van der Waals surface area contributed by atoms with Crippen molar-refractivity contribution in [3.63, 3.8) is 0 Å². The van der Waals surface area contributed by atoms with Gasteiger partial charge in [-0.15, -0.1) is 0 Å². The Kier molecular flexibility index (Phi) is 5.52. The number of rotatable bonds is 6. The number of benzene rings is 1. The number of pyridine rings is 1. The molecule has 6 heteroatoms. The van der Waals surface area contributed by atoms with Gasteiger partial charge in [-0.25, -0.2) is 4.98 Å². The molecule has 6 nitrogen and oxygen atoms in total. The molecule has 1 N–H and O–H groups in total. The molecule has 1 atom stereocenters. The molecule has 5 rings (SSSR count). The number of likely N-dealkylation sites (tertiary alicyclic amines) is 1. The summed E-state index contributed by atoms with van der Waals surface area (Å²) < 4.78 is 2.28. The predicted molar refractivity (Wildman–Crippen MR) is 131 cm³/mol. The van der Waals surface area contributed by atoms with Crippen molar-refractivity contribution in [2.24, 2.45) is 5.92 Å². The maximum atomic E-state index is 13.1. The normalized spacial score (nSPS) is 17.7. The molecule has 1 amide bonds. The molecule has 0 saturated carbocycles. The van der Waals surface area contributed by atoms with E-state index in [1.807, 2.05) is 12.3 Å². The zero-order chi connectivity index (χ0) is 23.0. The van der Waals surface area contributed by atoms with E-state index in [2.05, 4.69) is 83.0 Å². The first-order chi connectivity index (χ1) is 15.9. The lowest BCUT2D eigenvalue weighted by Gasteiger charge is -2.31. The Labute approximate surface area is 194 Å². The van der Waals surface area contributed by atoms with Gasteiger partial charge in [0.2, 0.25) is 5.91 Å². The Bertz CT molecular complexity index is 1250. The summed E-state index contributed by atoms with van der Waals surface area (Å²) in [5.41, 5.74) is 6.37. The highest BCUT2D eigenvalue weighted by Gasteiger charge is 2.40. The molecule has 1 fully saturated rings. The predicted octanol–water partition coefficient (Wildman–Crippen LogP) is 4.99. The van der Waals surface area contributed by atoms with Gasteiger partial charge in [0.15, 0.2) is 0 Å². The van der Waals surface area contributed by atoms with E-state index in [9.17, 15) is 4.79 Å². The third-order valence-corrected chi connectivity index (χ3v) is 6.88. The molecule has 1 aromatic carbocycles. The molecular formula is C27H31N5O. The number of carbonyl (C=O) groups is 1. The Balaban J connectivity index is 1.25. The first kappa shape index (κ1) is 21.4. The Morgan fingerprint density at radius 3 is 2.73 bits per heavy atom. The number of hydrogen-bond acceptors (Lipinski definition) is 3. The zero-order valence-electron chi connectivity index (χ0n) is 19.6. The van der Waals surface area contributed by atoms with E-state index in [-0.39, 0.29) is 11.4 Å². The van der Waals surface area contributed by atoms with Crippen LogP contribution in [0.15, 0.2) is 61.1 Å². The minimum atomic E-state index is -0.120. The van der Waals surface area contributed by atoms with Crippen LogP contribution in [0.1, 0.15) is 37.8 Å². The first-order valence-electron chi connectivity index (χ1n) is 11.7. The Morgan fingerprint density at radius 2 is 1.97 bits per heavy atom. The minimum absolute atomic E-state index is 0.120. The smallest absolute Gasteiger partial charge is 0.223 e. The fourth-order valence-electron chi connectivity index (χ4n) is 5.15. The van der Waals surface area contributed by atoms with Crippen LogP contribution in [-0.4, -0.2) is 42.6 Å². The Morgan fingerprint density at radius 1 is 1.15 bits per heavy atom. The summed E-state index contributed by atoms with van der Waals surface area (Å²) in [5.74, 6) is 0.680. The van der Waals surface area contributed by atoms with Gasteiger partial charge < -0.3 is 9.47 Å². The molecule has 4 aromatic rings. The molecule has 3 aromatic heterocycles. The number of hydrogen-bond donors (Lipinski definition) is 1. The molecule has 1 saturated heterocycles. The largest absolute Gasteiger partial charge is 0.346 e. The maximum Gasteiger partial charge on any atom is 0.223 e. The third kappa shape index (κ3) is 4.42. The maximum absolute atomic E-state index is 13.1. The number of aromatic nitrogens is 4. The van der Waals surface area contributed by atoms with Crippen molar-refractivity contribution in [1.29, 1.82) is 0 Å². The summed E-state index contributed by atoms with van der Waals surface area (Å²) in [6.45, 7) is 8.18. The van der Waals surface area contributed by atoms with Crippen molar-refractivity contribution in [1.82, 2.24) is 24.6 Å². The van der Waals surface area contributed by atoms with Gasteiger partial charge in [-0.05, 0) is 63.3 Å². The lowest BCUT2D eigenvalue weighted by Crippen LogP contribution is -2.42. The fraction of sp³-hybridized carbons (Fsp3) is 0.370. The number of amides is 1. The molecule has 4 heterocycles. The number of fused-ring (bicyclic) bond motifs is 1. The van der Waals surface area contributed by atoms with Crippen LogP contribution in [0.2, 0.25) is 0 Å². The lowest BCUT2D eigenvalue weighted by atomic mass is 9.96. The van der Waals surface area contributed by atoms with Gasteiger partial charge in [-0.1, -0.05) is 29.8 Å².